The van der Waals surface area contributed by atoms with E-state index in [1.54, 1.807) is 6.07 Å². The van der Waals surface area contributed by atoms with Crippen LogP contribution >= 0.6 is 15.9 Å². The van der Waals surface area contributed by atoms with Gasteiger partial charge in [-0.3, -0.25) is 4.90 Å². The molecule has 0 radical (unpaired) electrons. The summed E-state index contributed by atoms with van der Waals surface area (Å²) in [7, 11) is 1.25. The molecule has 118 valence electrons. The molecule has 0 aliphatic heterocycles. The van der Waals surface area contributed by atoms with Crippen LogP contribution < -0.4 is 0 Å². The SMILES string of the molecule is COC(=O)c1ccc(CN(CCO)CC(F)(F)F)c(Br)c1. The molecule has 0 aliphatic carbocycles. The fourth-order valence-corrected chi connectivity index (χ4v) is 2.27. The van der Waals surface area contributed by atoms with Crippen LogP contribution in [0.2, 0.25) is 0 Å². The molecule has 1 aromatic carbocycles. The number of ether oxygens (including phenoxy) is 1. The molecule has 1 rings (SSSR count). The molecule has 0 saturated carbocycles. The average Bonchev–Trinajstić information content (AvgIpc) is 2.38. The summed E-state index contributed by atoms with van der Waals surface area (Å²) < 4.78 is 42.4. The van der Waals surface area contributed by atoms with E-state index in [4.69, 9.17) is 5.11 Å². The van der Waals surface area contributed by atoms with Crippen molar-refractivity contribution in [2.24, 2.45) is 0 Å². The van der Waals surface area contributed by atoms with Crippen LogP contribution in [0, 0.1) is 0 Å². The van der Waals surface area contributed by atoms with Crippen molar-refractivity contribution in [2.45, 2.75) is 12.7 Å². The van der Waals surface area contributed by atoms with Crippen molar-refractivity contribution in [2.75, 3.05) is 26.8 Å². The zero-order valence-corrected chi connectivity index (χ0v) is 12.9. The number of carbonyl (C=O) groups excluding carboxylic acids is 1. The number of carbonyl (C=O) groups is 1. The van der Waals surface area contributed by atoms with Crippen LogP contribution in [-0.2, 0) is 11.3 Å². The summed E-state index contributed by atoms with van der Waals surface area (Å²) in [5, 5.41) is 8.85. The molecule has 0 aromatic heterocycles. The van der Waals surface area contributed by atoms with Gasteiger partial charge in [0.15, 0.2) is 0 Å². The minimum Gasteiger partial charge on any atom is -0.465 e. The molecule has 8 heteroatoms. The van der Waals surface area contributed by atoms with E-state index in [1.165, 1.54) is 19.2 Å². The number of alkyl halides is 3. The van der Waals surface area contributed by atoms with Crippen molar-refractivity contribution in [1.82, 2.24) is 4.90 Å². The van der Waals surface area contributed by atoms with Gasteiger partial charge < -0.3 is 9.84 Å². The molecular formula is C13H15BrF3NO3. The number of methoxy groups -OCH3 is 1. The lowest BCUT2D eigenvalue weighted by Gasteiger charge is -2.23. The Morgan fingerprint density at radius 3 is 2.57 bits per heavy atom. The van der Waals surface area contributed by atoms with Crippen molar-refractivity contribution in [1.29, 1.82) is 0 Å². The highest BCUT2D eigenvalue weighted by Crippen LogP contribution is 2.23. The summed E-state index contributed by atoms with van der Waals surface area (Å²) >= 11 is 3.23. The van der Waals surface area contributed by atoms with Crippen molar-refractivity contribution in [3.8, 4) is 0 Å². The van der Waals surface area contributed by atoms with Gasteiger partial charge >= 0.3 is 12.1 Å². The maximum atomic E-state index is 12.5. The van der Waals surface area contributed by atoms with E-state index in [2.05, 4.69) is 20.7 Å². The second-order valence-corrected chi connectivity index (χ2v) is 5.20. The summed E-state index contributed by atoms with van der Waals surface area (Å²) in [6.45, 7) is -1.57. The number of aliphatic hydroxyl groups is 1. The third kappa shape index (κ3) is 6.03. The van der Waals surface area contributed by atoms with Crippen LogP contribution in [0.15, 0.2) is 22.7 Å². The first-order chi connectivity index (χ1) is 9.76. The first-order valence-electron chi connectivity index (χ1n) is 6.03. The number of hydrogen-bond acceptors (Lipinski definition) is 4. The third-order valence-corrected chi connectivity index (χ3v) is 3.43. The predicted octanol–water partition coefficient (Wildman–Crippen LogP) is 2.59. The van der Waals surface area contributed by atoms with E-state index in [1.807, 2.05) is 0 Å². The lowest BCUT2D eigenvalue weighted by Crippen LogP contribution is -2.35. The number of nitrogens with zero attached hydrogens (tertiary/aromatic N) is 1. The Kier molecular flexibility index (Phi) is 6.63. The van der Waals surface area contributed by atoms with Gasteiger partial charge in [-0.05, 0) is 17.7 Å². The fraction of sp³-hybridized carbons (Fsp3) is 0.462. The van der Waals surface area contributed by atoms with Crippen LogP contribution in [0.3, 0.4) is 0 Å². The van der Waals surface area contributed by atoms with Crippen LogP contribution in [-0.4, -0.2) is 49.0 Å². The maximum absolute atomic E-state index is 12.5. The van der Waals surface area contributed by atoms with E-state index in [0.29, 0.717) is 15.6 Å². The van der Waals surface area contributed by atoms with Gasteiger partial charge in [0.05, 0.1) is 25.8 Å². The molecule has 0 aliphatic rings. The number of halogens is 4. The quantitative estimate of drug-likeness (QED) is 0.783. The lowest BCUT2D eigenvalue weighted by atomic mass is 10.1. The number of aliphatic hydroxyl groups excluding tert-OH is 1. The van der Waals surface area contributed by atoms with Gasteiger partial charge in [-0.1, -0.05) is 22.0 Å². The third-order valence-electron chi connectivity index (χ3n) is 2.69. The molecule has 0 unspecified atom stereocenters. The molecule has 0 spiro atoms. The van der Waals surface area contributed by atoms with Gasteiger partial charge in [0, 0.05) is 17.6 Å². The standard InChI is InChI=1S/C13H15BrF3NO3/c1-21-12(20)9-2-3-10(11(14)6-9)7-18(4-5-19)8-13(15,16)17/h2-3,6,19H,4-5,7-8H2,1H3. The molecule has 21 heavy (non-hydrogen) atoms. The monoisotopic (exact) mass is 369 g/mol. The fourth-order valence-electron chi connectivity index (χ4n) is 1.77. The smallest absolute Gasteiger partial charge is 0.401 e. The topological polar surface area (TPSA) is 49.8 Å². The van der Waals surface area contributed by atoms with Gasteiger partial charge in [0.25, 0.3) is 0 Å². The lowest BCUT2D eigenvalue weighted by molar-refractivity contribution is -0.148. The first-order valence-corrected chi connectivity index (χ1v) is 6.83. The summed E-state index contributed by atoms with van der Waals surface area (Å²) in [5.74, 6) is -0.523. The Hall–Kier alpha value is -1.12. The van der Waals surface area contributed by atoms with Crippen LogP contribution in [0.5, 0.6) is 0 Å². The Morgan fingerprint density at radius 2 is 2.10 bits per heavy atom. The Morgan fingerprint density at radius 1 is 1.43 bits per heavy atom. The van der Waals surface area contributed by atoms with Gasteiger partial charge in [-0.25, -0.2) is 4.79 Å². The molecule has 0 saturated heterocycles. The van der Waals surface area contributed by atoms with Gasteiger partial charge in [0.2, 0.25) is 0 Å². The zero-order chi connectivity index (χ0) is 16.0. The largest absolute Gasteiger partial charge is 0.465 e. The number of esters is 1. The molecule has 0 bridgehead atoms. The predicted molar refractivity (Wildman–Crippen MR) is 73.9 cm³/mol. The normalized spacial score (nSPS) is 11.8. The molecule has 4 nitrogen and oxygen atoms in total. The average molecular weight is 370 g/mol. The zero-order valence-electron chi connectivity index (χ0n) is 11.3. The van der Waals surface area contributed by atoms with Crippen molar-refractivity contribution >= 4 is 21.9 Å². The summed E-state index contributed by atoms with van der Waals surface area (Å²) in [6, 6.07) is 4.53. The second kappa shape index (κ2) is 7.77. The number of hydrogen-bond donors (Lipinski definition) is 1. The molecular weight excluding hydrogens is 355 g/mol. The van der Waals surface area contributed by atoms with Crippen molar-refractivity contribution < 1.29 is 27.8 Å². The number of rotatable bonds is 6. The number of benzene rings is 1. The minimum absolute atomic E-state index is 0.00209. The van der Waals surface area contributed by atoms with Crippen LogP contribution in [0.1, 0.15) is 15.9 Å². The Balaban J connectivity index is 2.86. The summed E-state index contributed by atoms with van der Waals surface area (Å²) in [6.07, 6.45) is -4.34. The van der Waals surface area contributed by atoms with E-state index in [9.17, 15) is 18.0 Å². The highest BCUT2D eigenvalue weighted by atomic mass is 79.9. The van der Waals surface area contributed by atoms with Crippen LogP contribution in [0.25, 0.3) is 0 Å². The van der Waals surface area contributed by atoms with Gasteiger partial charge in [-0.15, -0.1) is 0 Å². The van der Waals surface area contributed by atoms with Gasteiger partial charge in [0.1, 0.15) is 0 Å². The van der Waals surface area contributed by atoms with Crippen molar-refractivity contribution in [3.05, 3.63) is 33.8 Å². The van der Waals surface area contributed by atoms with Crippen molar-refractivity contribution in [3.63, 3.8) is 0 Å². The molecule has 0 fully saturated rings. The highest BCUT2D eigenvalue weighted by Gasteiger charge is 2.30. The molecule has 1 N–H and O–H groups in total. The molecule has 0 amide bonds. The Labute approximate surface area is 128 Å². The minimum atomic E-state index is -4.34. The van der Waals surface area contributed by atoms with E-state index in [-0.39, 0.29) is 19.7 Å². The highest BCUT2D eigenvalue weighted by molar-refractivity contribution is 9.10. The summed E-state index contributed by atoms with van der Waals surface area (Å²) in [5.41, 5.74) is 0.887. The first kappa shape index (κ1) is 17.9. The summed E-state index contributed by atoms with van der Waals surface area (Å²) in [4.78, 5) is 12.4. The maximum Gasteiger partial charge on any atom is 0.401 e. The molecule has 1 aromatic rings. The second-order valence-electron chi connectivity index (χ2n) is 4.35. The van der Waals surface area contributed by atoms with E-state index in [0.717, 1.165) is 4.90 Å². The van der Waals surface area contributed by atoms with E-state index < -0.39 is 18.7 Å². The molecule has 0 heterocycles. The molecule has 0 atom stereocenters. The Bertz CT molecular complexity index is 494. The van der Waals surface area contributed by atoms with Gasteiger partial charge in [-0.2, -0.15) is 13.2 Å². The van der Waals surface area contributed by atoms with Crippen LogP contribution in [0.4, 0.5) is 13.2 Å². The van der Waals surface area contributed by atoms with E-state index >= 15 is 0 Å².